The fourth-order valence-electron chi connectivity index (χ4n) is 2.86. The van der Waals surface area contributed by atoms with Crippen LogP contribution in [0.2, 0.25) is 5.02 Å². The number of H-pyrrole nitrogens is 1. The zero-order chi connectivity index (χ0) is 18.1. The Morgan fingerprint density at radius 2 is 1.81 bits per heavy atom. The zero-order valence-corrected chi connectivity index (χ0v) is 14.5. The van der Waals surface area contributed by atoms with E-state index in [2.05, 4.69) is 10.2 Å². The second-order valence-corrected chi connectivity index (χ2v) is 6.40. The Kier molecular flexibility index (Phi) is 4.18. The first-order valence-electron chi connectivity index (χ1n) is 8.10. The highest BCUT2D eigenvalue weighted by molar-refractivity contribution is 6.31. The van der Waals surface area contributed by atoms with Crippen LogP contribution in [-0.4, -0.2) is 25.5 Å². The van der Waals surface area contributed by atoms with Crippen LogP contribution in [-0.2, 0) is 13.0 Å². The summed E-state index contributed by atoms with van der Waals surface area (Å²) in [6, 6.07) is 16.8. The van der Waals surface area contributed by atoms with Crippen molar-refractivity contribution in [2.24, 2.45) is 0 Å². The van der Waals surface area contributed by atoms with E-state index < -0.39 is 0 Å². The Morgan fingerprint density at radius 1 is 1.08 bits per heavy atom. The van der Waals surface area contributed by atoms with E-state index in [1.165, 1.54) is 4.68 Å². The van der Waals surface area contributed by atoms with Gasteiger partial charge in [-0.25, -0.2) is 0 Å². The first-order valence-corrected chi connectivity index (χ1v) is 8.48. The topological polar surface area (TPSA) is 72.7 Å². The normalized spacial score (nSPS) is 11.1. The molecule has 0 radical (unpaired) electrons. The van der Waals surface area contributed by atoms with Crippen molar-refractivity contribution in [2.45, 2.75) is 13.0 Å². The van der Waals surface area contributed by atoms with E-state index in [1.807, 2.05) is 48.5 Å². The monoisotopic (exact) mass is 366 g/mol. The minimum absolute atomic E-state index is 0.179. The number of fused-ring (bicyclic) bond motifs is 1. The highest BCUT2D eigenvalue weighted by Crippen LogP contribution is 2.17. The van der Waals surface area contributed by atoms with Crippen molar-refractivity contribution in [1.82, 2.24) is 19.6 Å². The van der Waals surface area contributed by atoms with Gasteiger partial charge < -0.3 is 0 Å². The van der Waals surface area contributed by atoms with Crippen molar-refractivity contribution < 1.29 is 4.79 Å². The maximum atomic E-state index is 12.6. The number of carbonyl (C=O) groups excluding carboxylic acids is 1. The van der Waals surface area contributed by atoms with Crippen LogP contribution < -0.4 is 5.56 Å². The maximum Gasteiger partial charge on any atom is 0.275 e. The Balaban J connectivity index is 1.66. The largest absolute Gasteiger partial charge is 0.275 e. The van der Waals surface area contributed by atoms with Gasteiger partial charge in [-0.05, 0) is 17.2 Å². The van der Waals surface area contributed by atoms with Gasteiger partial charge in [-0.3, -0.25) is 19.4 Å². The molecule has 0 atom stereocenters. The second kappa shape index (κ2) is 6.65. The van der Waals surface area contributed by atoms with Gasteiger partial charge >= 0.3 is 0 Å². The number of halogens is 1. The molecule has 130 valence electrons. The molecule has 0 spiro atoms. The van der Waals surface area contributed by atoms with E-state index in [1.54, 1.807) is 16.9 Å². The molecule has 2 heterocycles. The molecule has 0 aliphatic rings. The van der Waals surface area contributed by atoms with E-state index in [4.69, 9.17) is 11.6 Å². The van der Waals surface area contributed by atoms with E-state index >= 15 is 0 Å². The summed E-state index contributed by atoms with van der Waals surface area (Å²) in [5.41, 5.74) is 1.74. The molecule has 6 nitrogen and oxygen atoms in total. The number of carbonyl (C=O) groups is 1. The van der Waals surface area contributed by atoms with E-state index in [9.17, 15) is 9.59 Å². The smallest absolute Gasteiger partial charge is 0.272 e. The molecule has 0 saturated carbocycles. The molecule has 4 aromatic rings. The molecule has 0 saturated heterocycles. The highest BCUT2D eigenvalue weighted by Gasteiger charge is 2.17. The third-order valence-electron chi connectivity index (χ3n) is 4.15. The molecule has 0 amide bonds. The van der Waals surface area contributed by atoms with Crippen molar-refractivity contribution in [3.63, 3.8) is 0 Å². The lowest BCUT2D eigenvalue weighted by Crippen LogP contribution is -2.18. The van der Waals surface area contributed by atoms with Crippen molar-refractivity contribution in [2.75, 3.05) is 0 Å². The van der Waals surface area contributed by atoms with Crippen molar-refractivity contribution in [3.05, 3.63) is 87.3 Å². The van der Waals surface area contributed by atoms with Gasteiger partial charge in [0.2, 0.25) is 0 Å². The summed E-state index contributed by atoms with van der Waals surface area (Å²) in [5.74, 6) is -0.244. The molecule has 1 N–H and O–H groups in total. The number of nitrogens with one attached hydrogen (secondary N) is 1. The molecular weight excluding hydrogens is 352 g/mol. The van der Waals surface area contributed by atoms with Gasteiger partial charge in [-0.1, -0.05) is 60.1 Å². The number of aromatic amines is 1. The third kappa shape index (κ3) is 3.07. The molecule has 2 aromatic carbocycles. The summed E-state index contributed by atoms with van der Waals surface area (Å²) in [6.45, 7) is 0.417. The summed E-state index contributed by atoms with van der Waals surface area (Å²) >= 11 is 6.18. The lowest BCUT2D eigenvalue weighted by Gasteiger charge is -2.04. The van der Waals surface area contributed by atoms with Crippen molar-refractivity contribution in [1.29, 1.82) is 0 Å². The minimum Gasteiger partial charge on any atom is -0.272 e. The summed E-state index contributed by atoms with van der Waals surface area (Å²) in [5, 5.41) is 7.97. The van der Waals surface area contributed by atoms with Crippen LogP contribution in [0.1, 0.15) is 15.9 Å². The lowest BCUT2D eigenvalue weighted by atomic mass is 10.1. The van der Waals surface area contributed by atoms with Gasteiger partial charge in [-0.15, -0.1) is 0 Å². The van der Waals surface area contributed by atoms with Crippen molar-refractivity contribution in [3.8, 4) is 0 Å². The molecular formula is C19H15ClN4O2. The Labute approximate surface area is 153 Å². The molecule has 0 bridgehead atoms. The van der Waals surface area contributed by atoms with Crippen LogP contribution in [0, 0.1) is 0 Å². The maximum absolute atomic E-state index is 12.6. The fourth-order valence-corrected chi connectivity index (χ4v) is 3.06. The SMILES string of the molecule is O=C(Cc1ccccc1)n1[nH]c(=O)c2cn(Cc3ccccc3Cl)nc21. The average molecular weight is 367 g/mol. The predicted octanol–water partition coefficient (Wildman–Crippen LogP) is 3.11. The summed E-state index contributed by atoms with van der Waals surface area (Å²) in [7, 11) is 0. The molecule has 0 fully saturated rings. The molecule has 0 unspecified atom stereocenters. The highest BCUT2D eigenvalue weighted by atomic mass is 35.5. The van der Waals surface area contributed by atoms with E-state index in [-0.39, 0.29) is 17.9 Å². The molecule has 7 heteroatoms. The predicted molar refractivity (Wildman–Crippen MR) is 99.7 cm³/mol. The van der Waals surface area contributed by atoms with Crippen molar-refractivity contribution >= 4 is 28.5 Å². The first-order chi connectivity index (χ1) is 12.6. The summed E-state index contributed by atoms with van der Waals surface area (Å²) in [4.78, 5) is 24.8. The van der Waals surface area contributed by atoms with Crippen LogP contribution in [0.25, 0.3) is 11.0 Å². The Bertz CT molecular complexity index is 1140. The minimum atomic E-state index is -0.341. The van der Waals surface area contributed by atoms with Crippen LogP contribution in [0.5, 0.6) is 0 Å². The number of hydrogen-bond donors (Lipinski definition) is 1. The van der Waals surface area contributed by atoms with Crippen LogP contribution >= 0.6 is 11.6 Å². The lowest BCUT2D eigenvalue weighted by molar-refractivity contribution is 0.0902. The number of benzene rings is 2. The van der Waals surface area contributed by atoms with Gasteiger partial charge in [-0.2, -0.15) is 9.78 Å². The average Bonchev–Trinajstić information content (AvgIpc) is 3.18. The van der Waals surface area contributed by atoms with Crippen LogP contribution in [0.15, 0.2) is 65.6 Å². The standard InChI is InChI=1S/C19H15ClN4O2/c20-16-9-5-4-8-14(16)11-23-12-15-18(21-23)24(22-19(15)26)17(25)10-13-6-2-1-3-7-13/h1-9,12H,10-11H2,(H,22,26). The van der Waals surface area contributed by atoms with E-state index in [0.717, 1.165) is 11.1 Å². The number of aromatic nitrogens is 4. The molecule has 4 rings (SSSR count). The summed E-state index contributed by atoms with van der Waals surface area (Å²) in [6.07, 6.45) is 1.81. The number of hydrogen-bond acceptors (Lipinski definition) is 3. The third-order valence-corrected chi connectivity index (χ3v) is 4.52. The van der Waals surface area contributed by atoms with E-state index in [0.29, 0.717) is 22.6 Å². The fraction of sp³-hybridized carbons (Fsp3) is 0.105. The van der Waals surface area contributed by atoms with Gasteiger partial charge in [0.1, 0.15) is 5.39 Å². The Morgan fingerprint density at radius 3 is 2.58 bits per heavy atom. The van der Waals surface area contributed by atoms with Gasteiger partial charge in [0.15, 0.2) is 5.65 Å². The number of nitrogens with zero attached hydrogens (tertiary/aromatic N) is 3. The first kappa shape index (κ1) is 16.4. The molecule has 2 aromatic heterocycles. The Hall–Kier alpha value is -3.12. The number of rotatable bonds is 4. The molecule has 0 aliphatic carbocycles. The van der Waals surface area contributed by atoms with Crippen LogP contribution in [0.3, 0.4) is 0 Å². The second-order valence-electron chi connectivity index (χ2n) is 5.99. The quantitative estimate of drug-likeness (QED) is 0.603. The van der Waals surface area contributed by atoms with Gasteiger partial charge in [0.25, 0.3) is 11.5 Å². The summed E-state index contributed by atoms with van der Waals surface area (Å²) < 4.78 is 2.83. The van der Waals surface area contributed by atoms with Gasteiger partial charge in [0.05, 0.1) is 13.0 Å². The zero-order valence-electron chi connectivity index (χ0n) is 13.7. The van der Waals surface area contributed by atoms with Crippen LogP contribution in [0.4, 0.5) is 0 Å². The van der Waals surface area contributed by atoms with Gasteiger partial charge in [0, 0.05) is 11.2 Å². The molecule has 26 heavy (non-hydrogen) atoms. The molecule has 0 aliphatic heterocycles.